The first kappa shape index (κ1) is 8.08. The zero-order chi connectivity index (χ0) is 9.42. The third-order valence-corrected chi connectivity index (χ3v) is 2.56. The van der Waals surface area contributed by atoms with Crippen molar-refractivity contribution in [2.24, 2.45) is 0 Å². The third kappa shape index (κ3) is 1.15. The molecule has 0 unspecified atom stereocenters. The second-order valence-corrected chi connectivity index (χ2v) is 3.38. The lowest BCUT2D eigenvalue weighted by Crippen LogP contribution is -1.90. The minimum absolute atomic E-state index is 0.416. The van der Waals surface area contributed by atoms with Crippen molar-refractivity contribution in [2.75, 3.05) is 5.73 Å². The molecule has 0 radical (unpaired) electrons. The van der Waals surface area contributed by atoms with Crippen LogP contribution in [0.2, 0.25) is 0 Å². The van der Waals surface area contributed by atoms with Gasteiger partial charge in [-0.2, -0.15) is 5.26 Å². The molecule has 4 nitrogen and oxygen atoms in total. The van der Waals surface area contributed by atoms with Gasteiger partial charge in [-0.15, -0.1) is 0 Å². The second kappa shape index (κ2) is 2.75. The lowest BCUT2D eigenvalue weighted by Gasteiger charge is -1.96. The summed E-state index contributed by atoms with van der Waals surface area (Å²) in [5.74, 6) is 0.416. The molecule has 0 aliphatic carbocycles. The van der Waals surface area contributed by atoms with Crippen LogP contribution in [0.15, 0.2) is 16.7 Å². The van der Waals surface area contributed by atoms with Gasteiger partial charge in [-0.1, -0.05) is 0 Å². The first-order valence-corrected chi connectivity index (χ1v) is 4.34. The number of rotatable bonds is 0. The van der Waals surface area contributed by atoms with Gasteiger partial charge < -0.3 is 10.7 Å². The van der Waals surface area contributed by atoms with Crippen LogP contribution in [-0.4, -0.2) is 9.97 Å². The number of nitrogen functional groups attached to an aromatic ring is 1. The van der Waals surface area contributed by atoms with E-state index in [1.165, 1.54) is 0 Å². The van der Waals surface area contributed by atoms with E-state index in [0.717, 1.165) is 10.9 Å². The maximum atomic E-state index is 8.65. The van der Waals surface area contributed by atoms with Crippen LogP contribution >= 0.6 is 15.9 Å². The molecule has 2 heterocycles. The van der Waals surface area contributed by atoms with Gasteiger partial charge in [0.05, 0.1) is 9.99 Å². The van der Waals surface area contributed by atoms with Crippen molar-refractivity contribution in [1.82, 2.24) is 9.97 Å². The molecule has 0 fully saturated rings. The van der Waals surface area contributed by atoms with Gasteiger partial charge in [0, 0.05) is 11.6 Å². The molecular weight excluding hydrogens is 232 g/mol. The molecule has 0 aliphatic heterocycles. The molecule has 2 rings (SSSR count). The number of nitrogens with two attached hydrogens (primary N) is 1. The molecule has 2 aromatic heterocycles. The van der Waals surface area contributed by atoms with Crippen molar-refractivity contribution >= 4 is 32.7 Å². The van der Waals surface area contributed by atoms with E-state index in [-0.39, 0.29) is 0 Å². The van der Waals surface area contributed by atoms with Crippen LogP contribution in [0.5, 0.6) is 0 Å². The summed E-state index contributed by atoms with van der Waals surface area (Å²) < 4.78 is 0.700. The maximum Gasteiger partial charge on any atom is 0.139 e. The van der Waals surface area contributed by atoms with Gasteiger partial charge in [-0.05, 0) is 22.0 Å². The number of nitriles is 1. The zero-order valence-corrected chi connectivity index (χ0v) is 8.09. The minimum Gasteiger partial charge on any atom is -0.383 e. The summed E-state index contributed by atoms with van der Waals surface area (Å²) in [4.78, 5) is 6.88. The average molecular weight is 237 g/mol. The number of hydrogen-bond acceptors (Lipinski definition) is 3. The standard InChI is InChI=1S/C8H5BrN4/c9-6-7-4(3-12-8(6)11)1-5(2-10)13-7/h1,3,13H,(H2,11,12). The molecule has 13 heavy (non-hydrogen) atoms. The molecule has 5 heteroatoms. The van der Waals surface area contributed by atoms with Crippen LogP contribution in [0.3, 0.4) is 0 Å². The highest BCUT2D eigenvalue weighted by Crippen LogP contribution is 2.27. The predicted octanol–water partition coefficient (Wildman–Crippen LogP) is 1.78. The van der Waals surface area contributed by atoms with E-state index in [2.05, 4.69) is 25.9 Å². The Morgan fingerprint density at radius 3 is 3.08 bits per heavy atom. The van der Waals surface area contributed by atoms with Crippen LogP contribution in [-0.2, 0) is 0 Å². The molecule has 0 amide bonds. The van der Waals surface area contributed by atoms with Gasteiger partial charge >= 0.3 is 0 Å². The highest BCUT2D eigenvalue weighted by atomic mass is 79.9. The highest BCUT2D eigenvalue weighted by molar-refractivity contribution is 9.10. The van der Waals surface area contributed by atoms with Crippen LogP contribution < -0.4 is 5.73 Å². The Hall–Kier alpha value is -1.54. The number of aromatic amines is 1. The van der Waals surface area contributed by atoms with Crippen molar-refractivity contribution in [3.63, 3.8) is 0 Å². The summed E-state index contributed by atoms with van der Waals surface area (Å²) in [5, 5.41) is 9.52. The van der Waals surface area contributed by atoms with E-state index in [1.54, 1.807) is 12.3 Å². The predicted molar refractivity (Wildman–Crippen MR) is 52.9 cm³/mol. The van der Waals surface area contributed by atoms with Crippen molar-refractivity contribution in [2.45, 2.75) is 0 Å². The quantitative estimate of drug-likeness (QED) is 0.732. The van der Waals surface area contributed by atoms with Gasteiger partial charge in [0.25, 0.3) is 0 Å². The van der Waals surface area contributed by atoms with Gasteiger partial charge in [0.2, 0.25) is 0 Å². The Morgan fingerprint density at radius 1 is 1.62 bits per heavy atom. The molecule has 64 valence electrons. The first-order valence-electron chi connectivity index (χ1n) is 3.55. The third-order valence-electron chi connectivity index (χ3n) is 1.76. The second-order valence-electron chi connectivity index (χ2n) is 2.58. The topological polar surface area (TPSA) is 78.5 Å². The average Bonchev–Trinajstić information content (AvgIpc) is 2.55. The summed E-state index contributed by atoms with van der Waals surface area (Å²) in [7, 11) is 0. The monoisotopic (exact) mass is 236 g/mol. The van der Waals surface area contributed by atoms with E-state index < -0.39 is 0 Å². The van der Waals surface area contributed by atoms with Gasteiger partial charge in [0.15, 0.2) is 0 Å². The van der Waals surface area contributed by atoms with Crippen LogP contribution in [0.1, 0.15) is 5.69 Å². The number of nitrogens with zero attached hydrogens (tertiary/aromatic N) is 2. The van der Waals surface area contributed by atoms with Crippen molar-refractivity contribution < 1.29 is 0 Å². The van der Waals surface area contributed by atoms with E-state index in [1.807, 2.05) is 6.07 Å². The summed E-state index contributed by atoms with van der Waals surface area (Å²) in [6, 6.07) is 3.75. The van der Waals surface area contributed by atoms with Crippen molar-refractivity contribution in [1.29, 1.82) is 5.26 Å². The number of fused-ring (bicyclic) bond motifs is 1. The van der Waals surface area contributed by atoms with Crippen LogP contribution in [0.25, 0.3) is 10.9 Å². The molecule has 3 N–H and O–H groups in total. The molecule has 2 aromatic rings. The lowest BCUT2D eigenvalue weighted by atomic mass is 10.3. The fraction of sp³-hybridized carbons (Fsp3) is 0. The van der Waals surface area contributed by atoms with Gasteiger partial charge in [0.1, 0.15) is 17.6 Å². The first-order chi connectivity index (χ1) is 6.22. The Bertz CT molecular complexity index is 509. The Kier molecular flexibility index (Phi) is 1.71. The van der Waals surface area contributed by atoms with Gasteiger partial charge in [-0.25, -0.2) is 4.98 Å². The molecule has 0 aliphatic rings. The summed E-state index contributed by atoms with van der Waals surface area (Å²) in [6.45, 7) is 0. The summed E-state index contributed by atoms with van der Waals surface area (Å²) in [6.07, 6.45) is 1.63. The van der Waals surface area contributed by atoms with Gasteiger partial charge in [-0.3, -0.25) is 0 Å². The fourth-order valence-electron chi connectivity index (χ4n) is 1.14. The molecule has 0 bridgehead atoms. The molecule has 0 spiro atoms. The largest absolute Gasteiger partial charge is 0.383 e. The van der Waals surface area contributed by atoms with Crippen LogP contribution in [0.4, 0.5) is 5.82 Å². The highest BCUT2D eigenvalue weighted by Gasteiger charge is 2.06. The molecular formula is C8H5BrN4. The fourth-order valence-corrected chi connectivity index (χ4v) is 1.57. The normalized spacial score (nSPS) is 10.2. The summed E-state index contributed by atoms with van der Waals surface area (Å²) in [5.41, 5.74) is 6.89. The van der Waals surface area contributed by atoms with Crippen molar-refractivity contribution in [3.05, 3.63) is 22.4 Å². The molecule has 0 aromatic carbocycles. The minimum atomic E-state index is 0.416. The molecule has 0 saturated carbocycles. The maximum absolute atomic E-state index is 8.65. The van der Waals surface area contributed by atoms with E-state index >= 15 is 0 Å². The number of anilines is 1. The van der Waals surface area contributed by atoms with Crippen LogP contribution in [0, 0.1) is 11.3 Å². The molecule has 0 atom stereocenters. The number of hydrogen-bond donors (Lipinski definition) is 2. The Morgan fingerprint density at radius 2 is 2.38 bits per heavy atom. The smallest absolute Gasteiger partial charge is 0.139 e. The number of H-pyrrole nitrogens is 1. The number of halogens is 1. The number of aromatic nitrogens is 2. The lowest BCUT2D eigenvalue weighted by molar-refractivity contribution is 1.33. The summed E-state index contributed by atoms with van der Waals surface area (Å²) >= 11 is 3.30. The van der Waals surface area contributed by atoms with Crippen molar-refractivity contribution in [3.8, 4) is 6.07 Å². The molecule has 0 saturated heterocycles. The van der Waals surface area contributed by atoms with E-state index in [0.29, 0.717) is 16.0 Å². The van der Waals surface area contributed by atoms with E-state index in [9.17, 15) is 0 Å². The number of nitrogens with one attached hydrogen (secondary N) is 1. The SMILES string of the molecule is N#Cc1cc2cnc(N)c(Br)c2[nH]1. The Balaban J connectivity index is 2.86. The Labute approximate surface area is 82.5 Å². The number of pyridine rings is 1. The van der Waals surface area contributed by atoms with E-state index in [4.69, 9.17) is 11.0 Å². The zero-order valence-electron chi connectivity index (χ0n) is 6.50.